The molecule has 0 bridgehead atoms. The van der Waals surface area contributed by atoms with E-state index in [2.05, 4.69) is 20.4 Å². The van der Waals surface area contributed by atoms with E-state index in [0.29, 0.717) is 4.68 Å². The molecule has 1 heterocycles. The number of nitrogens with one attached hydrogen (secondary N) is 1. The highest BCUT2D eigenvalue weighted by atomic mass is 19.4. The summed E-state index contributed by atoms with van der Waals surface area (Å²) >= 11 is 0. The Labute approximate surface area is 118 Å². The fourth-order valence-electron chi connectivity index (χ4n) is 1.60. The van der Waals surface area contributed by atoms with Gasteiger partial charge in [-0.2, -0.15) is 13.2 Å². The summed E-state index contributed by atoms with van der Waals surface area (Å²) in [7, 11) is 1.43. The van der Waals surface area contributed by atoms with Crippen molar-refractivity contribution >= 4 is 11.9 Å². The molecule has 0 saturated carbocycles. The van der Waals surface area contributed by atoms with Crippen LogP contribution in [0.1, 0.15) is 35.9 Å². The fraction of sp³-hybridized carbons (Fsp3) is 0.636. The molecule has 1 aromatic rings. The molecule has 0 radical (unpaired) electrons. The maximum Gasteiger partial charge on any atom is 0.435 e. The number of nitrogens with zero attached hydrogens (tertiary/aromatic N) is 3. The van der Waals surface area contributed by atoms with Gasteiger partial charge in [0.2, 0.25) is 11.6 Å². The van der Waals surface area contributed by atoms with Crippen LogP contribution in [0.25, 0.3) is 0 Å². The molecule has 21 heavy (non-hydrogen) atoms. The number of esters is 1. The summed E-state index contributed by atoms with van der Waals surface area (Å²) < 4.78 is 44.1. The van der Waals surface area contributed by atoms with Crippen molar-refractivity contribution in [3.8, 4) is 0 Å². The lowest BCUT2D eigenvalue weighted by Crippen LogP contribution is -2.21. The Morgan fingerprint density at radius 1 is 1.38 bits per heavy atom. The second-order valence-electron chi connectivity index (χ2n) is 4.00. The van der Waals surface area contributed by atoms with Crippen molar-refractivity contribution in [1.82, 2.24) is 20.3 Å². The lowest BCUT2D eigenvalue weighted by Gasteiger charge is -2.10. The number of hydrogen-bond donors (Lipinski definition) is 1. The van der Waals surface area contributed by atoms with Crippen LogP contribution in [0.5, 0.6) is 0 Å². The summed E-state index contributed by atoms with van der Waals surface area (Å²) in [6.45, 7) is 1.22. The standard InChI is InChI=1S/C11H15F3N4O3/c1-3-21-10(20)8-9(11(12,13)14)18(17-16-8)6-4-5-7(19)15-2/h3-6H2,1-2H3,(H,15,19). The van der Waals surface area contributed by atoms with E-state index in [1.807, 2.05) is 0 Å². The summed E-state index contributed by atoms with van der Waals surface area (Å²) in [5.74, 6) is -1.48. The predicted molar refractivity (Wildman–Crippen MR) is 64.3 cm³/mol. The van der Waals surface area contributed by atoms with Crippen LogP contribution in [-0.2, 0) is 22.3 Å². The monoisotopic (exact) mass is 308 g/mol. The lowest BCUT2D eigenvalue weighted by molar-refractivity contribution is -0.144. The molecule has 1 aromatic heterocycles. The van der Waals surface area contributed by atoms with Gasteiger partial charge in [0.15, 0.2) is 5.69 Å². The Kier molecular flexibility index (Phi) is 5.68. The zero-order valence-electron chi connectivity index (χ0n) is 11.5. The number of ether oxygens (including phenoxy) is 1. The lowest BCUT2D eigenvalue weighted by atomic mass is 10.2. The molecule has 10 heteroatoms. The van der Waals surface area contributed by atoms with Crippen LogP contribution < -0.4 is 5.32 Å². The van der Waals surface area contributed by atoms with Gasteiger partial charge in [-0.1, -0.05) is 5.21 Å². The predicted octanol–water partition coefficient (Wildman–Crippen LogP) is 1.000. The first-order valence-corrected chi connectivity index (χ1v) is 6.19. The number of carbonyl (C=O) groups is 2. The van der Waals surface area contributed by atoms with Gasteiger partial charge in [0.05, 0.1) is 6.61 Å². The average Bonchev–Trinajstić information content (AvgIpc) is 2.82. The molecule has 0 aromatic carbocycles. The van der Waals surface area contributed by atoms with Gasteiger partial charge in [-0.25, -0.2) is 9.48 Å². The number of rotatable bonds is 6. The molecule has 0 aliphatic heterocycles. The molecule has 0 atom stereocenters. The van der Waals surface area contributed by atoms with Crippen molar-refractivity contribution in [1.29, 1.82) is 0 Å². The van der Waals surface area contributed by atoms with E-state index in [4.69, 9.17) is 0 Å². The van der Waals surface area contributed by atoms with Crippen molar-refractivity contribution in [2.24, 2.45) is 0 Å². The Hall–Kier alpha value is -2.13. The van der Waals surface area contributed by atoms with E-state index in [1.54, 1.807) is 0 Å². The quantitative estimate of drug-likeness (QED) is 0.792. The Bertz CT molecular complexity index is 513. The first-order valence-electron chi connectivity index (χ1n) is 6.19. The van der Waals surface area contributed by atoms with Crippen LogP contribution in [0.4, 0.5) is 13.2 Å². The van der Waals surface area contributed by atoms with E-state index < -0.39 is 23.5 Å². The van der Waals surface area contributed by atoms with Gasteiger partial charge in [0.25, 0.3) is 0 Å². The van der Waals surface area contributed by atoms with Crippen LogP contribution in [0, 0.1) is 0 Å². The van der Waals surface area contributed by atoms with Crippen LogP contribution in [-0.4, -0.2) is 40.5 Å². The molecule has 1 rings (SSSR count). The summed E-state index contributed by atoms with van der Waals surface area (Å²) in [6.07, 6.45) is -4.62. The van der Waals surface area contributed by atoms with Crippen molar-refractivity contribution in [3.63, 3.8) is 0 Å². The normalized spacial score (nSPS) is 11.3. The number of alkyl halides is 3. The van der Waals surface area contributed by atoms with Gasteiger partial charge in [-0.15, -0.1) is 5.10 Å². The highest BCUT2D eigenvalue weighted by molar-refractivity contribution is 5.88. The number of aryl methyl sites for hydroxylation is 1. The van der Waals surface area contributed by atoms with E-state index in [0.717, 1.165) is 0 Å². The molecule has 0 unspecified atom stereocenters. The topological polar surface area (TPSA) is 86.1 Å². The van der Waals surface area contributed by atoms with Gasteiger partial charge in [-0.3, -0.25) is 4.79 Å². The van der Waals surface area contributed by atoms with E-state index in [-0.39, 0.29) is 31.9 Å². The van der Waals surface area contributed by atoms with E-state index in [1.165, 1.54) is 14.0 Å². The molecule has 0 aliphatic rings. The SMILES string of the molecule is CCOC(=O)c1nnn(CCCC(=O)NC)c1C(F)(F)F. The molecule has 1 amide bonds. The first-order chi connectivity index (χ1) is 9.81. The smallest absolute Gasteiger partial charge is 0.435 e. The number of aromatic nitrogens is 3. The minimum atomic E-state index is -4.79. The minimum absolute atomic E-state index is 0.0440. The highest BCUT2D eigenvalue weighted by Gasteiger charge is 2.41. The highest BCUT2D eigenvalue weighted by Crippen LogP contribution is 2.31. The van der Waals surface area contributed by atoms with Gasteiger partial charge in [0.1, 0.15) is 0 Å². The third-order valence-electron chi connectivity index (χ3n) is 2.52. The zero-order valence-corrected chi connectivity index (χ0v) is 11.5. The second-order valence-corrected chi connectivity index (χ2v) is 4.00. The zero-order chi connectivity index (χ0) is 16.0. The Balaban J connectivity index is 2.94. The molecule has 0 aliphatic carbocycles. The molecule has 0 saturated heterocycles. The van der Waals surface area contributed by atoms with Gasteiger partial charge >= 0.3 is 12.1 Å². The molecule has 0 fully saturated rings. The molecular weight excluding hydrogens is 293 g/mol. The third kappa shape index (κ3) is 4.43. The van der Waals surface area contributed by atoms with Crippen molar-refractivity contribution in [3.05, 3.63) is 11.4 Å². The summed E-state index contributed by atoms with van der Waals surface area (Å²) in [4.78, 5) is 22.5. The van der Waals surface area contributed by atoms with Crippen LogP contribution in [0.2, 0.25) is 0 Å². The summed E-state index contributed by atoms with van der Waals surface area (Å²) in [6, 6.07) is 0. The number of carbonyl (C=O) groups excluding carboxylic acids is 2. The number of hydrogen-bond acceptors (Lipinski definition) is 5. The second kappa shape index (κ2) is 7.04. The van der Waals surface area contributed by atoms with Crippen molar-refractivity contribution in [2.75, 3.05) is 13.7 Å². The Morgan fingerprint density at radius 2 is 2.05 bits per heavy atom. The molecule has 118 valence electrons. The molecule has 7 nitrogen and oxygen atoms in total. The maximum absolute atomic E-state index is 13.0. The number of amides is 1. The van der Waals surface area contributed by atoms with Gasteiger partial charge in [-0.05, 0) is 13.3 Å². The first kappa shape index (κ1) is 16.9. The fourth-order valence-corrected chi connectivity index (χ4v) is 1.60. The largest absolute Gasteiger partial charge is 0.461 e. The summed E-state index contributed by atoms with van der Waals surface area (Å²) in [5.41, 5.74) is -2.14. The van der Waals surface area contributed by atoms with Crippen LogP contribution >= 0.6 is 0 Å². The molecule has 0 spiro atoms. The van der Waals surface area contributed by atoms with Crippen LogP contribution in [0.15, 0.2) is 0 Å². The Morgan fingerprint density at radius 3 is 2.57 bits per heavy atom. The maximum atomic E-state index is 13.0. The van der Waals surface area contributed by atoms with Crippen LogP contribution in [0.3, 0.4) is 0 Å². The number of halogens is 3. The van der Waals surface area contributed by atoms with Gasteiger partial charge < -0.3 is 10.1 Å². The van der Waals surface area contributed by atoms with Crippen molar-refractivity contribution in [2.45, 2.75) is 32.5 Å². The summed E-state index contributed by atoms with van der Waals surface area (Å²) in [5, 5.41) is 8.92. The molecule has 1 N–H and O–H groups in total. The van der Waals surface area contributed by atoms with E-state index in [9.17, 15) is 22.8 Å². The van der Waals surface area contributed by atoms with Crippen molar-refractivity contribution < 1.29 is 27.5 Å². The van der Waals surface area contributed by atoms with E-state index >= 15 is 0 Å². The minimum Gasteiger partial charge on any atom is -0.461 e. The average molecular weight is 308 g/mol. The third-order valence-corrected chi connectivity index (χ3v) is 2.52. The van der Waals surface area contributed by atoms with Gasteiger partial charge in [0, 0.05) is 20.0 Å². The molecular formula is C11H15F3N4O3.